The minimum atomic E-state index is -4.46. The van der Waals surface area contributed by atoms with E-state index in [1.807, 2.05) is 0 Å². The van der Waals surface area contributed by atoms with Crippen LogP contribution in [0.15, 0.2) is 12.1 Å². The molecule has 0 bridgehead atoms. The summed E-state index contributed by atoms with van der Waals surface area (Å²) in [7, 11) is 0. The third kappa shape index (κ3) is 3.22. The van der Waals surface area contributed by atoms with Crippen LogP contribution >= 0.6 is 11.6 Å². The summed E-state index contributed by atoms with van der Waals surface area (Å²) in [6, 6.07) is 2.23. The van der Waals surface area contributed by atoms with Crippen LogP contribution in [0, 0.1) is 6.92 Å². The third-order valence-corrected chi connectivity index (χ3v) is 2.69. The lowest BCUT2D eigenvalue weighted by Gasteiger charge is -2.15. The Morgan fingerprint density at radius 2 is 1.94 bits per heavy atom. The van der Waals surface area contributed by atoms with Crippen molar-refractivity contribution < 1.29 is 18.0 Å². The van der Waals surface area contributed by atoms with Gasteiger partial charge in [-0.1, -0.05) is 19.4 Å². The van der Waals surface area contributed by atoms with Crippen molar-refractivity contribution in [2.45, 2.75) is 32.9 Å². The van der Waals surface area contributed by atoms with Gasteiger partial charge in [0.1, 0.15) is 0 Å². The monoisotopic (exact) mass is 264 g/mol. The minimum absolute atomic E-state index is 0.0844. The van der Waals surface area contributed by atoms with E-state index < -0.39 is 17.0 Å². The first kappa shape index (κ1) is 14.0. The molecule has 1 aromatic carbocycles. The average Bonchev–Trinajstić information content (AvgIpc) is 2.15. The molecule has 1 nitrogen and oxygen atoms in total. The fourth-order valence-corrected chi connectivity index (χ4v) is 1.92. The molecule has 0 aromatic heterocycles. The molecule has 0 unspecified atom stereocenters. The molecule has 0 saturated heterocycles. The van der Waals surface area contributed by atoms with Gasteiger partial charge in [-0.25, -0.2) is 0 Å². The smallest absolute Gasteiger partial charge is 0.276 e. The fourth-order valence-electron chi connectivity index (χ4n) is 1.72. The van der Waals surface area contributed by atoms with E-state index >= 15 is 0 Å². The van der Waals surface area contributed by atoms with Crippen molar-refractivity contribution >= 4 is 16.8 Å². The molecule has 0 fully saturated rings. The van der Waals surface area contributed by atoms with Crippen molar-refractivity contribution in [2.24, 2.45) is 0 Å². The van der Waals surface area contributed by atoms with Gasteiger partial charge in [0.05, 0.1) is 5.56 Å². The maximum atomic E-state index is 12.8. The Morgan fingerprint density at radius 1 is 1.35 bits per heavy atom. The van der Waals surface area contributed by atoms with Gasteiger partial charge in [0, 0.05) is 5.56 Å². The highest BCUT2D eigenvalue weighted by atomic mass is 35.5. The van der Waals surface area contributed by atoms with Gasteiger partial charge in [-0.3, -0.25) is 4.79 Å². The third-order valence-electron chi connectivity index (χ3n) is 2.49. The summed E-state index contributed by atoms with van der Waals surface area (Å²) in [6.45, 7) is 3.38. The number of aryl methyl sites for hydroxylation is 2. The Morgan fingerprint density at radius 3 is 2.35 bits per heavy atom. The number of benzene rings is 1. The molecule has 1 aromatic rings. The van der Waals surface area contributed by atoms with Crippen LogP contribution in [0.1, 0.15) is 40.4 Å². The summed E-state index contributed by atoms with van der Waals surface area (Å²) in [5.74, 6) is 0. The van der Waals surface area contributed by atoms with Gasteiger partial charge in [-0.05, 0) is 42.1 Å². The normalized spacial score (nSPS) is 11.6. The van der Waals surface area contributed by atoms with E-state index in [1.54, 1.807) is 13.8 Å². The Balaban J connectivity index is 3.42. The molecular formula is C12H12ClF3O. The predicted octanol–water partition coefficient (Wildman–Crippen LogP) is 4.35. The van der Waals surface area contributed by atoms with Crippen LogP contribution in [0.3, 0.4) is 0 Å². The number of carbonyl (C=O) groups is 1. The average molecular weight is 265 g/mol. The van der Waals surface area contributed by atoms with Crippen LogP contribution in [-0.2, 0) is 12.6 Å². The predicted molar refractivity (Wildman–Crippen MR) is 60.4 cm³/mol. The van der Waals surface area contributed by atoms with E-state index in [-0.39, 0.29) is 11.1 Å². The molecule has 17 heavy (non-hydrogen) atoms. The summed E-state index contributed by atoms with van der Waals surface area (Å²) < 4.78 is 38.4. The Labute approximate surface area is 103 Å². The number of hydrogen-bond acceptors (Lipinski definition) is 1. The maximum Gasteiger partial charge on any atom is 0.416 e. The molecule has 0 heterocycles. The zero-order valence-corrected chi connectivity index (χ0v) is 10.2. The standard InChI is InChI=1S/C12H12ClF3O/c1-3-4-8-5-7(2)9(11(13)17)6-10(8)12(14,15)16/h5-6H,3-4H2,1-2H3. The van der Waals surface area contributed by atoms with E-state index in [0.29, 0.717) is 18.4 Å². The zero-order chi connectivity index (χ0) is 13.2. The van der Waals surface area contributed by atoms with Gasteiger partial charge in [0.2, 0.25) is 0 Å². The van der Waals surface area contributed by atoms with Crippen molar-refractivity contribution in [3.63, 3.8) is 0 Å². The molecule has 0 amide bonds. The summed E-state index contributed by atoms with van der Waals surface area (Å²) in [5, 5.41) is -0.865. The second-order valence-corrected chi connectivity index (χ2v) is 4.19. The molecule has 94 valence electrons. The van der Waals surface area contributed by atoms with Gasteiger partial charge in [0.15, 0.2) is 0 Å². The first-order valence-corrected chi connectivity index (χ1v) is 5.55. The molecule has 0 aliphatic rings. The summed E-state index contributed by atoms with van der Waals surface area (Å²) >= 11 is 5.25. The molecule has 5 heteroatoms. The SMILES string of the molecule is CCCc1cc(C)c(C(=O)Cl)cc1C(F)(F)F. The van der Waals surface area contributed by atoms with Crippen LogP contribution in [0.5, 0.6) is 0 Å². The zero-order valence-electron chi connectivity index (χ0n) is 9.49. The largest absolute Gasteiger partial charge is 0.416 e. The van der Waals surface area contributed by atoms with Crippen LogP contribution in [0.25, 0.3) is 0 Å². The summed E-state index contributed by atoms with van der Waals surface area (Å²) in [4.78, 5) is 11.0. The first-order valence-electron chi connectivity index (χ1n) is 5.18. The Hall–Kier alpha value is -1.03. The van der Waals surface area contributed by atoms with Crippen LogP contribution in [0.4, 0.5) is 13.2 Å². The molecule has 0 atom stereocenters. The molecular weight excluding hydrogens is 253 g/mol. The van der Waals surface area contributed by atoms with Crippen molar-refractivity contribution in [3.8, 4) is 0 Å². The highest BCUT2D eigenvalue weighted by Gasteiger charge is 2.34. The van der Waals surface area contributed by atoms with Crippen molar-refractivity contribution in [1.82, 2.24) is 0 Å². The van der Waals surface area contributed by atoms with E-state index in [1.165, 1.54) is 6.07 Å². The van der Waals surface area contributed by atoms with E-state index in [0.717, 1.165) is 6.07 Å². The molecule has 1 rings (SSSR count). The Kier molecular flexibility index (Phi) is 4.20. The molecule has 0 saturated carbocycles. The topological polar surface area (TPSA) is 17.1 Å². The highest BCUT2D eigenvalue weighted by Crippen LogP contribution is 2.34. The molecule has 0 aliphatic carbocycles. The first-order chi connectivity index (χ1) is 7.77. The number of rotatable bonds is 3. The quantitative estimate of drug-likeness (QED) is 0.742. The summed E-state index contributed by atoms with van der Waals surface area (Å²) in [6.07, 6.45) is -3.53. The summed E-state index contributed by atoms with van der Waals surface area (Å²) in [5.41, 5.74) is -0.173. The van der Waals surface area contributed by atoms with Gasteiger partial charge in [0.25, 0.3) is 5.24 Å². The van der Waals surface area contributed by atoms with Gasteiger partial charge < -0.3 is 0 Å². The Bertz CT molecular complexity index is 438. The number of alkyl halides is 3. The van der Waals surface area contributed by atoms with Gasteiger partial charge >= 0.3 is 6.18 Å². The second-order valence-electron chi connectivity index (χ2n) is 3.85. The lowest BCUT2D eigenvalue weighted by atomic mass is 9.96. The molecule has 0 spiro atoms. The van der Waals surface area contributed by atoms with Crippen LogP contribution in [0.2, 0.25) is 0 Å². The van der Waals surface area contributed by atoms with Gasteiger partial charge in [-0.2, -0.15) is 13.2 Å². The number of halogens is 4. The highest BCUT2D eigenvalue weighted by molar-refractivity contribution is 6.67. The van der Waals surface area contributed by atoms with Crippen LogP contribution in [-0.4, -0.2) is 5.24 Å². The van der Waals surface area contributed by atoms with Crippen molar-refractivity contribution in [1.29, 1.82) is 0 Å². The molecule has 0 radical (unpaired) electrons. The van der Waals surface area contributed by atoms with Crippen molar-refractivity contribution in [2.75, 3.05) is 0 Å². The lowest BCUT2D eigenvalue weighted by Crippen LogP contribution is -2.11. The second kappa shape index (κ2) is 5.08. The molecule has 0 aliphatic heterocycles. The van der Waals surface area contributed by atoms with E-state index in [2.05, 4.69) is 0 Å². The number of hydrogen-bond donors (Lipinski definition) is 0. The van der Waals surface area contributed by atoms with Gasteiger partial charge in [-0.15, -0.1) is 0 Å². The fraction of sp³-hybridized carbons (Fsp3) is 0.417. The van der Waals surface area contributed by atoms with E-state index in [9.17, 15) is 18.0 Å². The van der Waals surface area contributed by atoms with Crippen LogP contribution < -0.4 is 0 Å². The minimum Gasteiger partial charge on any atom is -0.276 e. The number of carbonyl (C=O) groups excluding carboxylic acids is 1. The van der Waals surface area contributed by atoms with E-state index in [4.69, 9.17) is 11.6 Å². The lowest BCUT2D eigenvalue weighted by molar-refractivity contribution is -0.138. The van der Waals surface area contributed by atoms with Crippen molar-refractivity contribution in [3.05, 3.63) is 34.4 Å². The molecule has 0 N–H and O–H groups in total. The maximum absolute atomic E-state index is 12.8.